The summed E-state index contributed by atoms with van der Waals surface area (Å²) in [6.45, 7) is 8.85. The van der Waals surface area contributed by atoms with E-state index in [0.29, 0.717) is 12.6 Å². The van der Waals surface area contributed by atoms with Crippen LogP contribution in [0.15, 0.2) is 48.5 Å². The first-order chi connectivity index (χ1) is 16.8. The monoisotopic (exact) mass is 474 g/mol. The van der Waals surface area contributed by atoms with Crippen LogP contribution in [0.3, 0.4) is 0 Å². The lowest BCUT2D eigenvalue weighted by molar-refractivity contribution is -0.0338. The molecule has 5 nitrogen and oxygen atoms in total. The zero-order valence-corrected chi connectivity index (χ0v) is 21.1. The molecule has 184 valence electrons. The molecule has 4 heterocycles. The fraction of sp³-hybridized carbons (Fsp3) is 0.448. The van der Waals surface area contributed by atoms with Gasteiger partial charge in [0.2, 0.25) is 0 Å². The Bertz CT molecular complexity index is 1360. The summed E-state index contributed by atoms with van der Waals surface area (Å²) < 4.78 is 20.4. The van der Waals surface area contributed by atoms with Gasteiger partial charge in [0.05, 0.1) is 12.1 Å². The van der Waals surface area contributed by atoms with Crippen LogP contribution < -0.4 is 0 Å². The Hall–Kier alpha value is -2.67. The third-order valence-corrected chi connectivity index (χ3v) is 7.74. The number of methoxy groups -OCH3 is 1. The van der Waals surface area contributed by atoms with Crippen LogP contribution in [0.4, 0.5) is 4.39 Å². The quantitative estimate of drug-likeness (QED) is 0.384. The van der Waals surface area contributed by atoms with Crippen molar-refractivity contribution in [1.82, 2.24) is 19.8 Å². The molecule has 6 rings (SSSR count). The summed E-state index contributed by atoms with van der Waals surface area (Å²) in [5, 5.41) is 2.49. The van der Waals surface area contributed by atoms with Crippen LogP contribution in [0.2, 0.25) is 0 Å². The highest BCUT2D eigenvalue weighted by Gasteiger charge is 2.38. The number of aromatic amines is 2. The maximum atomic E-state index is 15.0. The lowest BCUT2D eigenvalue weighted by atomic mass is 9.87. The summed E-state index contributed by atoms with van der Waals surface area (Å²) in [6, 6.07) is 17.7. The van der Waals surface area contributed by atoms with Gasteiger partial charge in [0.15, 0.2) is 0 Å². The van der Waals surface area contributed by atoms with E-state index in [2.05, 4.69) is 75.2 Å². The third-order valence-electron chi connectivity index (χ3n) is 7.74. The van der Waals surface area contributed by atoms with E-state index in [0.717, 1.165) is 37.1 Å². The van der Waals surface area contributed by atoms with E-state index in [4.69, 9.17) is 4.74 Å². The van der Waals surface area contributed by atoms with Crippen LogP contribution in [-0.4, -0.2) is 64.3 Å². The Morgan fingerprint density at radius 1 is 1.06 bits per heavy atom. The minimum atomic E-state index is -1.28. The Kier molecular flexibility index (Phi) is 5.51. The van der Waals surface area contributed by atoms with Gasteiger partial charge >= 0.3 is 0 Å². The van der Waals surface area contributed by atoms with E-state index in [9.17, 15) is 0 Å². The lowest BCUT2D eigenvalue weighted by Gasteiger charge is -2.43. The van der Waals surface area contributed by atoms with Gasteiger partial charge in [0.25, 0.3) is 0 Å². The molecule has 2 N–H and O–H groups in total. The first-order valence-electron chi connectivity index (χ1n) is 12.7. The Morgan fingerprint density at radius 2 is 1.86 bits per heavy atom. The Balaban J connectivity index is 1.39. The second-order valence-corrected chi connectivity index (χ2v) is 11.1. The number of nitrogens with one attached hydrogen (secondary N) is 2. The molecule has 0 bridgehead atoms. The molecule has 2 atom stereocenters. The molecule has 1 unspecified atom stereocenters. The number of H-pyrrole nitrogens is 2. The molecule has 2 aliphatic heterocycles. The molecule has 35 heavy (non-hydrogen) atoms. The SMILES string of the molecule is COC1CN(Cc2cc3cc(C4c5[nH]c6ccccc6c5C[C@@H](C)N4CC(C)(C)F)ccc3[nH]2)C1. The van der Waals surface area contributed by atoms with Crippen molar-refractivity contribution in [2.75, 3.05) is 26.7 Å². The van der Waals surface area contributed by atoms with E-state index < -0.39 is 5.67 Å². The highest BCUT2D eigenvalue weighted by molar-refractivity contribution is 5.86. The van der Waals surface area contributed by atoms with Gasteiger partial charge in [0, 0.05) is 72.5 Å². The van der Waals surface area contributed by atoms with Gasteiger partial charge in [-0.2, -0.15) is 0 Å². The molecule has 0 radical (unpaired) electrons. The second kappa shape index (κ2) is 8.47. The third kappa shape index (κ3) is 4.18. The summed E-state index contributed by atoms with van der Waals surface area (Å²) in [7, 11) is 1.78. The topological polar surface area (TPSA) is 47.3 Å². The van der Waals surface area contributed by atoms with Gasteiger partial charge in [-0.3, -0.25) is 9.80 Å². The number of hydrogen-bond acceptors (Lipinski definition) is 3. The molecular weight excluding hydrogens is 439 g/mol. The summed E-state index contributed by atoms with van der Waals surface area (Å²) in [4.78, 5) is 12.0. The van der Waals surface area contributed by atoms with Crippen LogP contribution >= 0.6 is 0 Å². The van der Waals surface area contributed by atoms with Crippen molar-refractivity contribution in [1.29, 1.82) is 0 Å². The number of aromatic nitrogens is 2. The van der Waals surface area contributed by atoms with Gasteiger partial charge in [0.1, 0.15) is 5.67 Å². The molecular formula is C29H35FN4O. The van der Waals surface area contributed by atoms with Crippen LogP contribution in [0, 0.1) is 0 Å². The number of fused-ring (bicyclic) bond motifs is 4. The number of likely N-dealkylation sites (tertiary alicyclic amines) is 1. The van der Waals surface area contributed by atoms with Crippen molar-refractivity contribution < 1.29 is 9.13 Å². The highest BCUT2D eigenvalue weighted by atomic mass is 19.1. The molecule has 4 aromatic rings. The minimum absolute atomic E-state index is 0.0169. The van der Waals surface area contributed by atoms with Gasteiger partial charge in [-0.1, -0.05) is 24.3 Å². The molecule has 2 aromatic carbocycles. The van der Waals surface area contributed by atoms with Crippen molar-refractivity contribution in [2.45, 2.75) is 57.6 Å². The van der Waals surface area contributed by atoms with Crippen LogP contribution in [0.1, 0.15) is 49.3 Å². The Morgan fingerprint density at radius 3 is 2.63 bits per heavy atom. The van der Waals surface area contributed by atoms with Crippen molar-refractivity contribution in [2.24, 2.45) is 0 Å². The van der Waals surface area contributed by atoms with Gasteiger partial charge in [-0.15, -0.1) is 0 Å². The number of alkyl halides is 1. The van der Waals surface area contributed by atoms with E-state index in [1.54, 1.807) is 21.0 Å². The van der Waals surface area contributed by atoms with E-state index in [1.807, 2.05) is 0 Å². The zero-order chi connectivity index (χ0) is 24.3. The average molecular weight is 475 g/mol. The normalized spacial score (nSPS) is 22.1. The summed E-state index contributed by atoms with van der Waals surface area (Å²) in [5.74, 6) is 0. The van der Waals surface area contributed by atoms with Gasteiger partial charge in [-0.05, 0) is 62.6 Å². The van der Waals surface area contributed by atoms with Crippen molar-refractivity contribution >= 4 is 21.8 Å². The lowest BCUT2D eigenvalue weighted by Crippen LogP contribution is -2.50. The maximum Gasteiger partial charge on any atom is 0.118 e. The van der Waals surface area contributed by atoms with Crippen molar-refractivity contribution in [3.05, 3.63) is 71.0 Å². The van der Waals surface area contributed by atoms with Crippen molar-refractivity contribution in [3.63, 3.8) is 0 Å². The van der Waals surface area contributed by atoms with E-state index in [1.165, 1.54) is 33.3 Å². The summed E-state index contributed by atoms with van der Waals surface area (Å²) in [5.41, 5.74) is 6.02. The molecule has 1 saturated heterocycles. The number of rotatable bonds is 6. The molecule has 2 aliphatic rings. The maximum absolute atomic E-state index is 15.0. The minimum Gasteiger partial charge on any atom is -0.379 e. The predicted molar refractivity (Wildman–Crippen MR) is 140 cm³/mol. The van der Waals surface area contributed by atoms with Crippen LogP contribution in [-0.2, 0) is 17.7 Å². The second-order valence-electron chi connectivity index (χ2n) is 11.1. The number of ether oxygens (including phenoxy) is 1. The summed E-state index contributed by atoms with van der Waals surface area (Å²) >= 11 is 0. The largest absolute Gasteiger partial charge is 0.379 e. The molecule has 2 aromatic heterocycles. The Labute approximate surface area is 206 Å². The van der Waals surface area contributed by atoms with Gasteiger partial charge < -0.3 is 14.7 Å². The number of nitrogens with zero attached hydrogens (tertiary/aromatic N) is 2. The fourth-order valence-electron chi connectivity index (χ4n) is 6.05. The van der Waals surface area contributed by atoms with Gasteiger partial charge in [-0.25, -0.2) is 4.39 Å². The van der Waals surface area contributed by atoms with E-state index >= 15 is 4.39 Å². The smallest absolute Gasteiger partial charge is 0.118 e. The molecule has 0 aliphatic carbocycles. The number of hydrogen-bond donors (Lipinski definition) is 2. The number of benzene rings is 2. The summed E-state index contributed by atoms with van der Waals surface area (Å²) in [6.07, 6.45) is 1.27. The average Bonchev–Trinajstić information content (AvgIpc) is 3.35. The predicted octanol–water partition coefficient (Wildman–Crippen LogP) is 5.56. The van der Waals surface area contributed by atoms with Crippen LogP contribution in [0.25, 0.3) is 21.8 Å². The highest BCUT2D eigenvalue weighted by Crippen LogP contribution is 2.42. The molecule has 1 fully saturated rings. The van der Waals surface area contributed by atoms with Crippen molar-refractivity contribution in [3.8, 4) is 0 Å². The molecule has 0 spiro atoms. The first-order valence-corrected chi connectivity index (χ1v) is 12.7. The number of para-hydroxylation sites is 1. The first kappa shape index (κ1) is 22.8. The molecule has 0 saturated carbocycles. The zero-order valence-electron chi connectivity index (χ0n) is 21.1. The van der Waals surface area contributed by atoms with Crippen LogP contribution in [0.5, 0.6) is 0 Å². The van der Waals surface area contributed by atoms with E-state index in [-0.39, 0.29) is 12.1 Å². The standard InChI is InChI=1S/C29H35FN4O/c1-18-11-24-23-7-5-6-8-26(23)32-27(24)28(34(18)17-29(2,3)30)19-9-10-25-20(12-19)13-21(31-25)14-33-15-22(16-33)35-4/h5-10,12-13,18,22,28,31-32H,11,14-17H2,1-4H3/t18-,28?/m1/s1. The fourth-order valence-corrected chi connectivity index (χ4v) is 6.05. The number of halogens is 1. The molecule has 0 amide bonds. The molecule has 6 heteroatoms.